The zero-order valence-electron chi connectivity index (χ0n) is 8.21. The third-order valence-electron chi connectivity index (χ3n) is 1.26. The van der Waals surface area contributed by atoms with Crippen molar-refractivity contribution >= 4 is 17.8 Å². The van der Waals surface area contributed by atoms with Crippen LogP contribution in [0.3, 0.4) is 0 Å². The number of guanidine groups is 1. The first-order valence-electron chi connectivity index (χ1n) is 4.00. The minimum Gasteiger partial charge on any atom is -0.450 e. The summed E-state index contributed by atoms with van der Waals surface area (Å²) >= 11 is 0. The van der Waals surface area contributed by atoms with Crippen LogP contribution in [0, 0.1) is 6.92 Å². The molecule has 6 nitrogen and oxygen atoms in total. The molecule has 15 heavy (non-hydrogen) atoms. The summed E-state index contributed by atoms with van der Waals surface area (Å²) in [5.41, 5.74) is 12.3. The molecule has 6 heteroatoms. The lowest BCUT2D eigenvalue weighted by Crippen LogP contribution is -2.21. The molecule has 0 aliphatic heterocycles. The summed E-state index contributed by atoms with van der Waals surface area (Å²) in [5, 5.41) is 13.9. The molecule has 0 radical (unpaired) electrons. The van der Waals surface area contributed by atoms with Crippen LogP contribution >= 0.6 is 0 Å². The van der Waals surface area contributed by atoms with Gasteiger partial charge in [-0.2, -0.15) is 0 Å². The molecule has 1 aromatic carbocycles. The number of carboxylic acid groups (broad SMARTS) is 2. The Balaban J connectivity index is 0.000000423. The van der Waals surface area contributed by atoms with Gasteiger partial charge in [-0.05, 0) is 24.6 Å². The molecule has 0 spiro atoms. The van der Waals surface area contributed by atoms with Gasteiger partial charge in [0.1, 0.15) is 0 Å². The van der Waals surface area contributed by atoms with Crippen molar-refractivity contribution in [2.75, 3.05) is 0 Å². The Morgan fingerprint density at radius 2 is 1.87 bits per heavy atom. The second kappa shape index (κ2) is 6.25. The van der Waals surface area contributed by atoms with Gasteiger partial charge in [-0.3, -0.25) is 0 Å². The van der Waals surface area contributed by atoms with E-state index in [0.29, 0.717) is 0 Å². The molecule has 0 saturated heterocycles. The summed E-state index contributed by atoms with van der Waals surface area (Å²) in [7, 11) is 0. The van der Waals surface area contributed by atoms with Crippen LogP contribution in [0.25, 0.3) is 0 Å². The third-order valence-corrected chi connectivity index (χ3v) is 1.26. The second-order valence-electron chi connectivity index (χ2n) is 2.66. The van der Waals surface area contributed by atoms with E-state index in [1.165, 1.54) is 0 Å². The summed E-state index contributed by atoms with van der Waals surface area (Å²) < 4.78 is 0. The van der Waals surface area contributed by atoms with Gasteiger partial charge in [-0.1, -0.05) is 12.1 Å². The fourth-order valence-corrected chi connectivity index (χ4v) is 0.847. The molecule has 0 bridgehead atoms. The number of aryl methyl sites for hydroxylation is 1. The van der Waals surface area contributed by atoms with Gasteiger partial charge in [-0.15, -0.1) is 0 Å². The Hall–Kier alpha value is -2.24. The number of hydrogen-bond acceptors (Lipinski definition) is 2. The third kappa shape index (κ3) is 8.10. The maximum absolute atomic E-state index is 8.56. The molecule has 0 unspecified atom stereocenters. The van der Waals surface area contributed by atoms with Gasteiger partial charge in [-0.25, -0.2) is 9.79 Å². The maximum Gasteiger partial charge on any atom is 0.503 e. The molecular formula is C9H13N3O3. The highest BCUT2D eigenvalue weighted by Gasteiger charge is 1.88. The molecular weight excluding hydrogens is 198 g/mol. The number of benzene rings is 1. The topological polar surface area (TPSA) is 122 Å². The smallest absolute Gasteiger partial charge is 0.450 e. The van der Waals surface area contributed by atoms with Crippen molar-refractivity contribution in [1.82, 2.24) is 0 Å². The quantitative estimate of drug-likeness (QED) is 0.409. The highest BCUT2D eigenvalue weighted by atomic mass is 16.6. The zero-order chi connectivity index (χ0) is 11.8. The minimum atomic E-state index is -1.83. The summed E-state index contributed by atoms with van der Waals surface area (Å²) in [6.07, 6.45) is -1.83. The van der Waals surface area contributed by atoms with Crippen LogP contribution in [0.1, 0.15) is 5.56 Å². The van der Waals surface area contributed by atoms with Gasteiger partial charge in [0.25, 0.3) is 0 Å². The van der Waals surface area contributed by atoms with Gasteiger partial charge in [0, 0.05) is 0 Å². The average molecular weight is 211 g/mol. The van der Waals surface area contributed by atoms with Crippen LogP contribution < -0.4 is 11.5 Å². The van der Waals surface area contributed by atoms with Gasteiger partial charge >= 0.3 is 6.16 Å². The first-order chi connectivity index (χ1) is 6.91. The van der Waals surface area contributed by atoms with E-state index in [4.69, 9.17) is 26.5 Å². The van der Waals surface area contributed by atoms with Crippen molar-refractivity contribution < 1.29 is 15.0 Å². The van der Waals surface area contributed by atoms with E-state index in [9.17, 15) is 0 Å². The van der Waals surface area contributed by atoms with E-state index in [0.717, 1.165) is 11.3 Å². The molecule has 1 rings (SSSR count). The zero-order valence-corrected chi connectivity index (χ0v) is 8.21. The van der Waals surface area contributed by atoms with E-state index in [1.54, 1.807) is 0 Å². The van der Waals surface area contributed by atoms with Crippen molar-refractivity contribution in [3.8, 4) is 0 Å². The number of aliphatic imine (C=N–C) groups is 1. The van der Waals surface area contributed by atoms with E-state index >= 15 is 0 Å². The van der Waals surface area contributed by atoms with Crippen molar-refractivity contribution in [1.29, 1.82) is 0 Å². The average Bonchev–Trinajstić information content (AvgIpc) is 2.00. The maximum atomic E-state index is 8.56. The fraction of sp³-hybridized carbons (Fsp3) is 0.111. The summed E-state index contributed by atoms with van der Waals surface area (Å²) in [4.78, 5) is 12.4. The van der Waals surface area contributed by atoms with Gasteiger partial charge in [0.2, 0.25) is 0 Å². The summed E-state index contributed by atoms with van der Waals surface area (Å²) in [6.45, 7) is 1.99. The van der Waals surface area contributed by atoms with Gasteiger partial charge in [0.15, 0.2) is 5.96 Å². The molecule has 0 fully saturated rings. The van der Waals surface area contributed by atoms with Gasteiger partial charge < -0.3 is 21.7 Å². The van der Waals surface area contributed by atoms with Crippen molar-refractivity contribution in [2.24, 2.45) is 16.5 Å². The van der Waals surface area contributed by atoms with Crippen LogP contribution in [-0.2, 0) is 0 Å². The Kier molecular flexibility index (Phi) is 5.32. The number of nitrogens with zero attached hydrogens (tertiary/aromatic N) is 1. The normalized spacial score (nSPS) is 8.33. The molecule has 0 atom stereocenters. The largest absolute Gasteiger partial charge is 0.503 e. The van der Waals surface area contributed by atoms with E-state index in [1.807, 2.05) is 31.2 Å². The van der Waals surface area contributed by atoms with Crippen LogP contribution in [0.15, 0.2) is 29.3 Å². The Bertz CT molecular complexity index is 355. The first kappa shape index (κ1) is 12.8. The minimum absolute atomic E-state index is 0.0931. The Labute approximate surface area is 86.9 Å². The number of nitrogens with two attached hydrogens (primary N) is 2. The van der Waals surface area contributed by atoms with Gasteiger partial charge in [0.05, 0.1) is 5.69 Å². The van der Waals surface area contributed by atoms with Crippen LogP contribution in [0.5, 0.6) is 0 Å². The molecule has 0 aliphatic carbocycles. The lowest BCUT2D eigenvalue weighted by molar-refractivity contribution is 0.137. The van der Waals surface area contributed by atoms with Crippen molar-refractivity contribution in [2.45, 2.75) is 6.92 Å². The molecule has 6 N–H and O–H groups in total. The first-order valence-corrected chi connectivity index (χ1v) is 4.00. The molecule has 0 amide bonds. The standard InChI is InChI=1S/C8H11N3.CH2O3/c1-6-3-2-4-7(5-6)11-8(9)10;2-1(3)4/h2-5H,1H3,(H4,9,10,11);(H2,2,3,4). The summed E-state index contributed by atoms with van der Waals surface area (Å²) in [6, 6.07) is 7.68. The molecule has 0 saturated carbocycles. The van der Waals surface area contributed by atoms with Crippen molar-refractivity contribution in [3.63, 3.8) is 0 Å². The summed E-state index contributed by atoms with van der Waals surface area (Å²) in [5.74, 6) is 0.0931. The van der Waals surface area contributed by atoms with E-state index in [-0.39, 0.29) is 5.96 Å². The molecule has 0 heterocycles. The lowest BCUT2D eigenvalue weighted by Gasteiger charge is -1.95. The predicted molar refractivity (Wildman–Crippen MR) is 57.3 cm³/mol. The van der Waals surface area contributed by atoms with Crippen molar-refractivity contribution in [3.05, 3.63) is 29.8 Å². The number of rotatable bonds is 1. The molecule has 0 aromatic heterocycles. The molecule has 0 aliphatic rings. The highest BCUT2D eigenvalue weighted by Crippen LogP contribution is 2.12. The molecule has 1 aromatic rings. The van der Waals surface area contributed by atoms with E-state index in [2.05, 4.69) is 4.99 Å². The van der Waals surface area contributed by atoms with Crippen LogP contribution in [0.2, 0.25) is 0 Å². The number of carbonyl (C=O) groups is 1. The van der Waals surface area contributed by atoms with Crippen LogP contribution in [0.4, 0.5) is 10.5 Å². The second-order valence-corrected chi connectivity index (χ2v) is 2.66. The Morgan fingerprint density at radius 1 is 1.33 bits per heavy atom. The lowest BCUT2D eigenvalue weighted by atomic mass is 10.2. The SMILES string of the molecule is Cc1cccc(N=C(N)N)c1.O=C(O)O. The molecule has 82 valence electrons. The van der Waals surface area contributed by atoms with Crippen LogP contribution in [-0.4, -0.2) is 22.3 Å². The monoisotopic (exact) mass is 211 g/mol. The predicted octanol–water partition coefficient (Wildman–Crippen LogP) is 1.12. The Morgan fingerprint density at radius 3 is 2.27 bits per heavy atom. The van der Waals surface area contributed by atoms with E-state index < -0.39 is 6.16 Å². The fourth-order valence-electron chi connectivity index (χ4n) is 0.847. The number of hydrogen-bond donors (Lipinski definition) is 4. The highest BCUT2D eigenvalue weighted by molar-refractivity contribution is 5.78.